The first-order valence-electron chi connectivity index (χ1n) is 9.38. The summed E-state index contributed by atoms with van der Waals surface area (Å²) in [5.74, 6) is 0. The van der Waals surface area contributed by atoms with Gasteiger partial charge in [0.05, 0.1) is 12.0 Å². The average molecular weight is 394 g/mol. The predicted octanol–water partition coefficient (Wildman–Crippen LogP) is 3.94. The Morgan fingerprint density at radius 2 is 2.00 bits per heavy atom. The summed E-state index contributed by atoms with van der Waals surface area (Å²) >= 11 is 6.30. The van der Waals surface area contributed by atoms with Crippen LogP contribution < -0.4 is 4.90 Å². The van der Waals surface area contributed by atoms with E-state index in [-0.39, 0.29) is 18.2 Å². The van der Waals surface area contributed by atoms with Gasteiger partial charge in [0.15, 0.2) is 5.65 Å². The van der Waals surface area contributed by atoms with Gasteiger partial charge in [-0.2, -0.15) is 0 Å². The Morgan fingerprint density at radius 3 is 2.63 bits per heavy atom. The lowest BCUT2D eigenvalue weighted by molar-refractivity contribution is 0.0130. The molecule has 0 saturated carbocycles. The van der Waals surface area contributed by atoms with Crippen LogP contribution in [0.1, 0.15) is 41.5 Å². The summed E-state index contributed by atoms with van der Waals surface area (Å²) in [5, 5.41) is 0.446. The molecule has 2 atom stereocenters. The van der Waals surface area contributed by atoms with Gasteiger partial charge in [-0.3, -0.25) is 0 Å². The zero-order valence-electron chi connectivity index (χ0n) is 16.9. The lowest BCUT2D eigenvalue weighted by atomic mass is 10.1. The van der Waals surface area contributed by atoms with Gasteiger partial charge >= 0.3 is 6.09 Å². The maximum atomic E-state index is 12.6. The molecular weight excluding hydrogens is 366 g/mol. The van der Waals surface area contributed by atoms with E-state index < -0.39 is 5.60 Å². The van der Waals surface area contributed by atoms with Crippen LogP contribution in [0.4, 0.5) is 10.5 Å². The van der Waals surface area contributed by atoms with E-state index in [1.165, 1.54) is 0 Å². The zero-order chi connectivity index (χ0) is 19.9. The Kier molecular flexibility index (Phi) is 5.25. The fraction of sp³-hybridized carbons (Fsp3) is 0.632. The smallest absolute Gasteiger partial charge is 0.410 e. The van der Waals surface area contributed by atoms with Crippen LogP contribution in [0.5, 0.6) is 0 Å². The summed E-state index contributed by atoms with van der Waals surface area (Å²) in [7, 11) is 0. The van der Waals surface area contributed by atoms with Crippen LogP contribution in [0.15, 0.2) is 12.4 Å². The molecule has 1 fully saturated rings. The van der Waals surface area contributed by atoms with Crippen LogP contribution >= 0.6 is 11.6 Å². The van der Waals surface area contributed by atoms with Gasteiger partial charge < -0.3 is 19.1 Å². The first-order valence-corrected chi connectivity index (χ1v) is 9.76. The highest BCUT2D eigenvalue weighted by Crippen LogP contribution is 2.32. The number of carbonyl (C=O) groups is 1. The Balaban J connectivity index is 1.89. The molecule has 1 amide bonds. The van der Waals surface area contributed by atoms with Gasteiger partial charge in [-0.05, 0) is 41.5 Å². The molecule has 0 bridgehead atoms. The van der Waals surface area contributed by atoms with Gasteiger partial charge in [0.2, 0.25) is 0 Å². The fourth-order valence-corrected chi connectivity index (χ4v) is 3.66. The number of carbonyl (C=O) groups excluding carboxylic acids is 1. The predicted molar refractivity (Wildman–Crippen MR) is 107 cm³/mol. The number of ether oxygens (including phenoxy) is 1. The van der Waals surface area contributed by atoms with Crippen LogP contribution in [-0.2, 0) is 11.3 Å². The maximum absolute atomic E-state index is 12.6. The number of hydrogen-bond donors (Lipinski definition) is 0. The number of fused-ring (bicyclic) bond motifs is 1. The molecule has 1 aliphatic rings. The molecule has 0 aromatic carbocycles. The molecular formula is C19H28ClN5O2. The lowest BCUT2D eigenvalue weighted by Gasteiger charge is -2.45. The minimum atomic E-state index is -0.505. The number of imidazole rings is 1. The number of pyridine rings is 1. The standard InChI is InChI=1S/C19H28ClN5O2/c1-7-23-11-21-16-14(8-15(20)22-17(16)23)24-9-13(3)25(10-12(24)2)18(26)27-19(4,5)6/h8,11-13H,7,9-10H2,1-6H3/t12-,13+/m0/s1. The average Bonchev–Trinajstić information content (AvgIpc) is 2.97. The SMILES string of the molecule is CCn1cnc2c(N3C[C@@H](C)N(C(=O)OC(C)(C)C)C[C@@H]3C)cc(Cl)nc21. The fourth-order valence-electron chi connectivity index (χ4n) is 3.48. The van der Waals surface area contributed by atoms with Crippen LogP contribution in [0, 0.1) is 0 Å². The van der Waals surface area contributed by atoms with Crippen molar-refractivity contribution in [3.8, 4) is 0 Å². The Labute approximate surface area is 165 Å². The summed E-state index contributed by atoms with van der Waals surface area (Å²) in [6.07, 6.45) is 1.53. The van der Waals surface area contributed by atoms with Crippen molar-refractivity contribution >= 4 is 34.5 Å². The van der Waals surface area contributed by atoms with Crippen molar-refractivity contribution in [2.24, 2.45) is 0 Å². The number of hydrogen-bond acceptors (Lipinski definition) is 5. The molecule has 8 heteroatoms. The molecule has 3 rings (SSSR count). The highest BCUT2D eigenvalue weighted by molar-refractivity contribution is 6.30. The van der Waals surface area contributed by atoms with Crippen LogP contribution in [0.25, 0.3) is 11.2 Å². The first kappa shape index (κ1) is 19.7. The molecule has 2 aromatic rings. The van der Waals surface area contributed by atoms with E-state index in [1.807, 2.05) is 45.3 Å². The minimum absolute atomic E-state index is 0.00583. The van der Waals surface area contributed by atoms with E-state index in [0.717, 1.165) is 23.4 Å². The third-order valence-corrected chi connectivity index (χ3v) is 4.98. The molecule has 1 saturated heterocycles. The Bertz CT molecular complexity index is 844. The third-order valence-electron chi connectivity index (χ3n) is 4.79. The Morgan fingerprint density at radius 1 is 1.30 bits per heavy atom. The van der Waals surface area contributed by atoms with Crippen molar-refractivity contribution in [2.75, 3.05) is 18.0 Å². The van der Waals surface area contributed by atoms with Gasteiger partial charge in [-0.25, -0.2) is 14.8 Å². The number of anilines is 1. The maximum Gasteiger partial charge on any atom is 0.410 e. The van der Waals surface area contributed by atoms with Crippen molar-refractivity contribution in [2.45, 2.75) is 65.8 Å². The molecule has 0 spiro atoms. The van der Waals surface area contributed by atoms with Crippen molar-refractivity contribution in [1.82, 2.24) is 19.4 Å². The number of nitrogens with zero attached hydrogens (tertiary/aromatic N) is 5. The zero-order valence-corrected chi connectivity index (χ0v) is 17.6. The summed E-state index contributed by atoms with van der Waals surface area (Å²) in [5.41, 5.74) is 2.08. The third kappa shape index (κ3) is 3.98. The second kappa shape index (κ2) is 7.19. The van der Waals surface area contributed by atoms with E-state index in [9.17, 15) is 4.79 Å². The molecule has 27 heavy (non-hydrogen) atoms. The monoisotopic (exact) mass is 393 g/mol. The quantitative estimate of drug-likeness (QED) is 0.723. The minimum Gasteiger partial charge on any atom is -0.444 e. The summed E-state index contributed by atoms with van der Waals surface area (Å²) in [6.45, 7) is 13.9. The highest BCUT2D eigenvalue weighted by atomic mass is 35.5. The highest BCUT2D eigenvalue weighted by Gasteiger charge is 2.35. The number of aromatic nitrogens is 3. The van der Waals surface area contributed by atoms with Crippen LogP contribution in [-0.4, -0.2) is 56.3 Å². The summed E-state index contributed by atoms with van der Waals surface area (Å²) in [4.78, 5) is 25.6. The largest absolute Gasteiger partial charge is 0.444 e. The summed E-state index contributed by atoms with van der Waals surface area (Å²) in [6, 6.07) is 1.97. The number of rotatable bonds is 2. The van der Waals surface area contributed by atoms with E-state index in [0.29, 0.717) is 18.2 Å². The first-order chi connectivity index (χ1) is 12.6. The van der Waals surface area contributed by atoms with Gasteiger partial charge in [0.1, 0.15) is 16.3 Å². The van der Waals surface area contributed by atoms with Gasteiger partial charge in [-0.1, -0.05) is 11.6 Å². The number of aryl methyl sites for hydroxylation is 1. The van der Waals surface area contributed by atoms with Crippen molar-refractivity contribution in [1.29, 1.82) is 0 Å². The molecule has 148 valence electrons. The molecule has 0 aliphatic carbocycles. The van der Waals surface area contributed by atoms with Crippen molar-refractivity contribution < 1.29 is 9.53 Å². The molecule has 1 aliphatic heterocycles. The number of piperazine rings is 1. The van der Waals surface area contributed by atoms with E-state index in [2.05, 4.69) is 21.8 Å². The van der Waals surface area contributed by atoms with Crippen LogP contribution in [0.3, 0.4) is 0 Å². The Hall–Kier alpha value is -2.02. The summed E-state index contributed by atoms with van der Waals surface area (Å²) < 4.78 is 7.55. The van der Waals surface area contributed by atoms with Crippen LogP contribution in [0.2, 0.25) is 5.15 Å². The molecule has 0 radical (unpaired) electrons. The molecule has 7 nitrogen and oxygen atoms in total. The number of halogens is 1. The number of amides is 1. The van der Waals surface area contributed by atoms with E-state index >= 15 is 0 Å². The van der Waals surface area contributed by atoms with Crippen molar-refractivity contribution in [3.05, 3.63) is 17.5 Å². The molecule has 2 aromatic heterocycles. The normalized spacial score (nSPS) is 21.0. The molecule has 0 unspecified atom stereocenters. The molecule has 3 heterocycles. The second-order valence-corrected chi connectivity index (χ2v) is 8.54. The van der Waals surface area contributed by atoms with Gasteiger partial charge in [-0.15, -0.1) is 0 Å². The topological polar surface area (TPSA) is 63.5 Å². The van der Waals surface area contributed by atoms with E-state index in [1.54, 1.807) is 11.2 Å². The van der Waals surface area contributed by atoms with Crippen molar-refractivity contribution in [3.63, 3.8) is 0 Å². The van der Waals surface area contributed by atoms with Gasteiger partial charge in [0, 0.05) is 37.8 Å². The van der Waals surface area contributed by atoms with Gasteiger partial charge in [0.25, 0.3) is 0 Å². The molecule has 0 N–H and O–H groups in total. The lowest BCUT2D eigenvalue weighted by Crippen LogP contribution is -2.59. The second-order valence-electron chi connectivity index (χ2n) is 8.15. The van der Waals surface area contributed by atoms with E-state index in [4.69, 9.17) is 16.3 Å².